The summed E-state index contributed by atoms with van der Waals surface area (Å²) in [4.78, 5) is 0. The number of hydrogen-bond acceptors (Lipinski definition) is 2. The second kappa shape index (κ2) is 13.0. The lowest BCUT2D eigenvalue weighted by molar-refractivity contribution is 0.123. The van der Waals surface area contributed by atoms with Gasteiger partial charge in [0.15, 0.2) is 0 Å². The van der Waals surface area contributed by atoms with Crippen molar-refractivity contribution in [3.05, 3.63) is 61.3 Å². The molecule has 1 aliphatic rings. The maximum atomic E-state index is 5.56. The average molecular weight is 333 g/mol. The molecule has 0 saturated carbocycles. The number of rotatable bonds is 9. The first-order chi connectivity index (χ1) is 11.4. The molecule has 24 heavy (non-hydrogen) atoms. The Morgan fingerprint density at radius 1 is 1.08 bits per heavy atom. The number of allylic oxidation sites excluding steroid dienone is 3. The SMILES string of the molecule is C=CCOC(C)C=CC1=C(C)CCCC1(C)C.C=CCOCC=C. The van der Waals surface area contributed by atoms with Gasteiger partial charge in [-0.2, -0.15) is 0 Å². The lowest BCUT2D eigenvalue weighted by atomic mass is 9.72. The number of ether oxygens (including phenoxy) is 2. The third-order valence-corrected chi connectivity index (χ3v) is 4.02. The second-order valence-corrected chi connectivity index (χ2v) is 6.73. The molecule has 136 valence electrons. The normalized spacial score (nSPS) is 17.8. The molecule has 1 atom stereocenters. The number of hydrogen-bond donors (Lipinski definition) is 0. The Morgan fingerprint density at radius 3 is 2.17 bits per heavy atom. The first kappa shape index (κ1) is 22.6. The summed E-state index contributed by atoms with van der Waals surface area (Å²) < 4.78 is 10.5. The lowest BCUT2D eigenvalue weighted by Gasteiger charge is -2.33. The molecule has 1 unspecified atom stereocenters. The van der Waals surface area contributed by atoms with Gasteiger partial charge in [-0.15, -0.1) is 19.7 Å². The van der Waals surface area contributed by atoms with Crippen LogP contribution < -0.4 is 0 Å². The van der Waals surface area contributed by atoms with E-state index >= 15 is 0 Å². The van der Waals surface area contributed by atoms with Crippen LogP contribution in [0.5, 0.6) is 0 Å². The van der Waals surface area contributed by atoms with Crippen LogP contribution in [0.4, 0.5) is 0 Å². The third kappa shape index (κ3) is 9.69. The summed E-state index contributed by atoms with van der Waals surface area (Å²) in [5.74, 6) is 0. The lowest BCUT2D eigenvalue weighted by Crippen LogP contribution is -2.19. The van der Waals surface area contributed by atoms with Gasteiger partial charge in [0, 0.05) is 0 Å². The Labute approximate surface area is 149 Å². The van der Waals surface area contributed by atoms with E-state index in [-0.39, 0.29) is 6.10 Å². The van der Waals surface area contributed by atoms with Crippen LogP contribution in [0.15, 0.2) is 61.3 Å². The van der Waals surface area contributed by atoms with Gasteiger partial charge in [0.25, 0.3) is 0 Å². The van der Waals surface area contributed by atoms with E-state index in [2.05, 4.69) is 59.6 Å². The molecule has 0 heterocycles. The van der Waals surface area contributed by atoms with Gasteiger partial charge in [0.05, 0.1) is 25.9 Å². The predicted octanol–water partition coefficient (Wildman–Crippen LogP) is 6.04. The molecule has 0 N–H and O–H groups in total. The van der Waals surface area contributed by atoms with Crippen LogP contribution in [0.2, 0.25) is 0 Å². The van der Waals surface area contributed by atoms with Crippen molar-refractivity contribution >= 4 is 0 Å². The van der Waals surface area contributed by atoms with E-state index in [0.717, 1.165) is 0 Å². The molecule has 0 saturated heterocycles. The molecule has 0 aromatic carbocycles. The Kier molecular flexibility index (Phi) is 12.2. The largest absolute Gasteiger partial charge is 0.373 e. The van der Waals surface area contributed by atoms with E-state index < -0.39 is 0 Å². The molecule has 2 nitrogen and oxygen atoms in total. The van der Waals surface area contributed by atoms with E-state index in [4.69, 9.17) is 9.47 Å². The molecular weight excluding hydrogens is 296 g/mol. The molecule has 0 aliphatic heterocycles. The van der Waals surface area contributed by atoms with E-state index in [1.54, 1.807) is 18.2 Å². The Morgan fingerprint density at radius 2 is 1.67 bits per heavy atom. The minimum absolute atomic E-state index is 0.158. The monoisotopic (exact) mass is 332 g/mol. The van der Waals surface area contributed by atoms with Gasteiger partial charge in [-0.3, -0.25) is 0 Å². The van der Waals surface area contributed by atoms with Crippen molar-refractivity contribution in [1.82, 2.24) is 0 Å². The highest BCUT2D eigenvalue weighted by Crippen LogP contribution is 2.40. The van der Waals surface area contributed by atoms with Crippen LogP contribution in [-0.4, -0.2) is 25.9 Å². The highest BCUT2D eigenvalue weighted by Gasteiger charge is 2.26. The van der Waals surface area contributed by atoms with Gasteiger partial charge in [0.2, 0.25) is 0 Å². The van der Waals surface area contributed by atoms with Crippen LogP contribution in [-0.2, 0) is 9.47 Å². The molecule has 0 bridgehead atoms. The summed E-state index contributed by atoms with van der Waals surface area (Å²) in [5, 5.41) is 0. The van der Waals surface area contributed by atoms with Gasteiger partial charge in [-0.05, 0) is 44.1 Å². The Bertz CT molecular complexity index is 433. The molecule has 0 aromatic rings. The van der Waals surface area contributed by atoms with Gasteiger partial charge in [-0.1, -0.05) is 49.8 Å². The summed E-state index contributed by atoms with van der Waals surface area (Å²) >= 11 is 0. The van der Waals surface area contributed by atoms with Crippen molar-refractivity contribution in [3.8, 4) is 0 Å². The molecular formula is C22H36O2. The predicted molar refractivity (Wildman–Crippen MR) is 106 cm³/mol. The molecule has 0 aromatic heterocycles. The molecule has 0 spiro atoms. The molecule has 0 fully saturated rings. The zero-order valence-electron chi connectivity index (χ0n) is 16.1. The topological polar surface area (TPSA) is 18.5 Å². The maximum Gasteiger partial charge on any atom is 0.0735 e. The first-order valence-corrected chi connectivity index (χ1v) is 8.79. The zero-order chi connectivity index (χ0) is 18.4. The van der Waals surface area contributed by atoms with E-state index in [0.29, 0.717) is 25.2 Å². The van der Waals surface area contributed by atoms with Crippen LogP contribution in [0, 0.1) is 5.41 Å². The fourth-order valence-corrected chi connectivity index (χ4v) is 2.75. The fraction of sp³-hybridized carbons (Fsp3) is 0.545. The highest BCUT2D eigenvalue weighted by atomic mass is 16.5. The minimum atomic E-state index is 0.158. The van der Waals surface area contributed by atoms with Gasteiger partial charge in [0.1, 0.15) is 0 Å². The highest BCUT2D eigenvalue weighted by molar-refractivity contribution is 5.32. The summed E-state index contributed by atoms with van der Waals surface area (Å²) in [6, 6.07) is 0. The minimum Gasteiger partial charge on any atom is -0.373 e. The van der Waals surface area contributed by atoms with E-state index in [1.165, 1.54) is 30.4 Å². The van der Waals surface area contributed by atoms with Crippen molar-refractivity contribution in [3.63, 3.8) is 0 Å². The standard InChI is InChI=1S/C16H26O.C6H10O/c1-6-12-17-14(3)9-10-15-13(2)8-7-11-16(15,4)5;1-3-5-7-6-4-2/h6,9-10,14H,1,7-8,11-12H2,2-5H3;3-4H,1-2,5-6H2. The van der Waals surface area contributed by atoms with Crippen LogP contribution >= 0.6 is 0 Å². The smallest absolute Gasteiger partial charge is 0.0735 e. The Hall–Kier alpha value is -1.38. The van der Waals surface area contributed by atoms with Crippen molar-refractivity contribution in [1.29, 1.82) is 0 Å². The van der Waals surface area contributed by atoms with Crippen LogP contribution in [0.3, 0.4) is 0 Å². The van der Waals surface area contributed by atoms with E-state index in [1.807, 2.05) is 0 Å². The molecule has 1 rings (SSSR count). The molecule has 1 aliphatic carbocycles. The summed E-state index contributed by atoms with van der Waals surface area (Å²) in [6.45, 7) is 21.5. The third-order valence-electron chi connectivity index (χ3n) is 4.02. The zero-order valence-corrected chi connectivity index (χ0v) is 16.1. The summed E-state index contributed by atoms with van der Waals surface area (Å²) in [7, 11) is 0. The van der Waals surface area contributed by atoms with E-state index in [9.17, 15) is 0 Å². The van der Waals surface area contributed by atoms with Gasteiger partial charge in [-0.25, -0.2) is 0 Å². The fourth-order valence-electron chi connectivity index (χ4n) is 2.75. The second-order valence-electron chi connectivity index (χ2n) is 6.73. The van der Waals surface area contributed by atoms with Crippen molar-refractivity contribution in [2.75, 3.05) is 19.8 Å². The van der Waals surface area contributed by atoms with Crippen LogP contribution in [0.1, 0.15) is 47.0 Å². The quantitative estimate of drug-likeness (QED) is 0.379. The molecule has 2 heteroatoms. The molecule has 0 amide bonds. The van der Waals surface area contributed by atoms with Crippen molar-refractivity contribution in [2.24, 2.45) is 5.41 Å². The maximum absolute atomic E-state index is 5.56. The molecule has 0 radical (unpaired) electrons. The first-order valence-electron chi connectivity index (χ1n) is 8.79. The van der Waals surface area contributed by atoms with Crippen molar-refractivity contribution in [2.45, 2.75) is 53.1 Å². The average Bonchev–Trinajstić information content (AvgIpc) is 2.53. The van der Waals surface area contributed by atoms with Gasteiger partial charge >= 0.3 is 0 Å². The summed E-state index contributed by atoms with van der Waals surface area (Å²) in [6.07, 6.45) is 13.6. The summed E-state index contributed by atoms with van der Waals surface area (Å²) in [5.41, 5.74) is 3.35. The van der Waals surface area contributed by atoms with Gasteiger partial charge < -0.3 is 9.47 Å². The van der Waals surface area contributed by atoms with Crippen molar-refractivity contribution < 1.29 is 9.47 Å². The Balaban J connectivity index is 0.000000640. The van der Waals surface area contributed by atoms with Crippen LogP contribution in [0.25, 0.3) is 0 Å².